The van der Waals surface area contributed by atoms with Gasteiger partial charge in [0.05, 0.1) is 6.20 Å². The van der Waals surface area contributed by atoms with Gasteiger partial charge in [0.1, 0.15) is 17.8 Å². The van der Waals surface area contributed by atoms with E-state index >= 15 is 0 Å². The Morgan fingerprint density at radius 3 is 2.85 bits per heavy atom. The molecule has 1 aliphatic heterocycles. The first-order valence-corrected chi connectivity index (χ1v) is 8.48. The number of carbonyl (C=O) groups excluding carboxylic acids is 1. The molecule has 1 aromatic carbocycles. The monoisotopic (exact) mass is 362 g/mol. The molecule has 0 fully saturated rings. The van der Waals surface area contributed by atoms with Crippen molar-refractivity contribution in [3.8, 4) is 11.1 Å². The Morgan fingerprint density at radius 1 is 1.19 bits per heavy atom. The largest absolute Gasteiger partial charge is 0.329 e. The summed E-state index contributed by atoms with van der Waals surface area (Å²) in [6, 6.07) is 8.76. The quantitative estimate of drug-likeness (QED) is 0.561. The van der Waals surface area contributed by atoms with Crippen LogP contribution in [0.25, 0.3) is 16.8 Å². The van der Waals surface area contributed by atoms with Gasteiger partial charge in [-0.05, 0) is 17.7 Å². The van der Waals surface area contributed by atoms with Crippen LogP contribution >= 0.6 is 0 Å². The number of amides is 1. The normalized spacial score (nSPS) is 13.6. The number of nitrogens with zero attached hydrogens (tertiary/aromatic N) is 6. The highest BCUT2D eigenvalue weighted by molar-refractivity contribution is 5.97. The van der Waals surface area contributed by atoms with E-state index in [4.69, 9.17) is 0 Å². The van der Waals surface area contributed by atoms with Crippen LogP contribution in [0.2, 0.25) is 0 Å². The molecule has 7 nitrogen and oxygen atoms in total. The third-order valence-corrected chi connectivity index (χ3v) is 4.86. The number of halogens is 1. The summed E-state index contributed by atoms with van der Waals surface area (Å²) in [6.07, 6.45) is 5.05. The fourth-order valence-corrected chi connectivity index (χ4v) is 3.49. The molecule has 4 aromatic rings. The number of carbonyl (C=O) groups is 1. The molecule has 0 atom stereocenters. The summed E-state index contributed by atoms with van der Waals surface area (Å²) in [5.74, 6) is -0.485. The van der Waals surface area contributed by atoms with E-state index in [1.54, 1.807) is 26.2 Å². The van der Waals surface area contributed by atoms with Crippen LogP contribution in [0.3, 0.4) is 0 Å². The summed E-state index contributed by atoms with van der Waals surface area (Å²) in [5, 5.41) is 11.9. The Balaban J connectivity index is 1.43. The molecule has 27 heavy (non-hydrogen) atoms. The van der Waals surface area contributed by atoms with E-state index in [-0.39, 0.29) is 18.3 Å². The average Bonchev–Trinajstić information content (AvgIpc) is 3.36. The molecule has 5 rings (SSSR count). The van der Waals surface area contributed by atoms with Crippen LogP contribution in [0.15, 0.2) is 49.1 Å². The molecule has 3 aromatic heterocycles. The van der Waals surface area contributed by atoms with Gasteiger partial charge in [-0.3, -0.25) is 13.9 Å². The Morgan fingerprint density at radius 2 is 2.07 bits per heavy atom. The lowest BCUT2D eigenvalue weighted by Crippen LogP contribution is -2.24. The van der Waals surface area contributed by atoms with Crippen molar-refractivity contribution in [1.82, 2.24) is 29.3 Å². The van der Waals surface area contributed by atoms with Crippen molar-refractivity contribution in [2.45, 2.75) is 13.1 Å². The van der Waals surface area contributed by atoms with Gasteiger partial charge in [0.15, 0.2) is 5.65 Å². The molecule has 0 saturated heterocycles. The van der Waals surface area contributed by atoms with Crippen molar-refractivity contribution in [3.05, 3.63) is 71.7 Å². The minimum absolute atomic E-state index is 0.147. The number of aryl methyl sites for hydroxylation is 1. The zero-order valence-corrected chi connectivity index (χ0v) is 14.5. The van der Waals surface area contributed by atoms with Crippen molar-refractivity contribution in [3.63, 3.8) is 0 Å². The van der Waals surface area contributed by atoms with Crippen molar-refractivity contribution >= 4 is 11.6 Å². The number of rotatable bonds is 3. The van der Waals surface area contributed by atoms with E-state index in [9.17, 15) is 9.18 Å². The topological polar surface area (TPSA) is 68.3 Å². The standard InChI is InChI=1S/C19H15FN6O/c1-24-8-15(7-22-24)12-2-3-13(16(20)6-12)9-25-10-14-4-5-17-23-21-11-26(17)18(14)19(25)27/h2-8,11H,9-10H2,1H3. The SMILES string of the molecule is Cn1cc(-c2ccc(CN3Cc4ccc5nncn5c4C3=O)c(F)c2)cn1. The first kappa shape index (κ1) is 15.7. The highest BCUT2D eigenvalue weighted by Gasteiger charge is 2.30. The molecule has 8 heteroatoms. The zero-order chi connectivity index (χ0) is 18.5. The predicted octanol–water partition coefficient (Wildman–Crippen LogP) is 2.42. The lowest BCUT2D eigenvalue weighted by molar-refractivity contribution is 0.0760. The van der Waals surface area contributed by atoms with E-state index < -0.39 is 0 Å². The maximum atomic E-state index is 14.7. The molecule has 0 N–H and O–H groups in total. The van der Waals surface area contributed by atoms with Gasteiger partial charge >= 0.3 is 0 Å². The molecule has 0 radical (unpaired) electrons. The minimum atomic E-state index is -0.338. The van der Waals surface area contributed by atoms with Crippen LogP contribution in [-0.4, -0.2) is 35.2 Å². The number of hydrogen-bond acceptors (Lipinski definition) is 4. The zero-order valence-electron chi connectivity index (χ0n) is 14.5. The lowest BCUT2D eigenvalue weighted by atomic mass is 10.1. The molecule has 0 spiro atoms. The summed E-state index contributed by atoms with van der Waals surface area (Å²) < 4.78 is 18.0. The van der Waals surface area contributed by atoms with Crippen LogP contribution in [0, 0.1) is 5.82 Å². The molecule has 0 saturated carbocycles. The van der Waals surface area contributed by atoms with Gasteiger partial charge < -0.3 is 4.90 Å². The van der Waals surface area contributed by atoms with Crippen molar-refractivity contribution in [1.29, 1.82) is 0 Å². The molecular formula is C19H15FN6O. The smallest absolute Gasteiger partial charge is 0.271 e. The van der Waals surface area contributed by atoms with E-state index in [1.165, 1.54) is 12.4 Å². The highest BCUT2D eigenvalue weighted by atomic mass is 19.1. The molecule has 4 heterocycles. The Hall–Kier alpha value is -3.55. The van der Waals surface area contributed by atoms with Crippen LogP contribution in [0.5, 0.6) is 0 Å². The Bertz CT molecular complexity index is 1190. The highest BCUT2D eigenvalue weighted by Crippen LogP contribution is 2.27. The molecule has 1 aliphatic rings. The van der Waals surface area contributed by atoms with Gasteiger partial charge in [-0.2, -0.15) is 5.10 Å². The summed E-state index contributed by atoms with van der Waals surface area (Å²) >= 11 is 0. The minimum Gasteiger partial charge on any atom is -0.329 e. The molecular weight excluding hydrogens is 347 g/mol. The maximum Gasteiger partial charge on any atom is 0.271 e. The first-order valence-electron chi connectivity index (χ1n) is 8.48. The van der Waals surface area contributed by atoms with Crippen LogP contribution in [0.1, 0.15) is 21.6 Å². The third kappa shape index (κ3) is 2.49. The number of aromatic nitrogens is 5. The van der Waals surface area contributed by atoms with E-state index in [1.807, 2.05) is 31.4 Å². The molecule has 0 unspecified atom stereocenters. The summed E-state index contributed by atoms with van der Waals surface area (Å²) in [5.41, 5.74) is 4.14. The second-order valence-electron chi connectivity index (χ2n) is 6.64. The van der Waals surface area contributed by atoms with Crippen LogP contribution < -0.4 is 0 Å². The fraction of sp³-hybridized carbons (Fsp3) is 0.158. The second-order valence-corrected chi connectivity index (χ2v) is 6.64. The van der Waals surface area contributed by atoms with Crippen molar-refractivity contribution < 1.29 is 9.18 Å². The average molecular weight is 362 g/mol. The van der Waals surface area contributed by atoms with E-state index in [2.05, 4.69) is 15.3 Å². The van der Waals surface area contributed by atoms with Crippen molar-refractivity contribution in [2.24, 2.45) is 7.05 Å². The number of pyridine rings is 1. The molecule has 1 amide bonds. The lowest BCUT2D eigenvalue weighted by Gasteiger charge is -2.16. The number of benzene rings is 1. The molecule has 0 bridgehead atoms. The van der Waals surface area contributed by atoms with Gasteiger partial charge in [-0.1, -0.05) is 18.2 Å². The number of hydrogen-bond donors (Lipinski definition) is 0. The van der Waals surface area contributed by atoms with Crippen LogP contribution in [0.4, 0.5) is 4.39 Å². The van der Waals surface area contributed by atoms with Gasteiger partial charge in [0, 0.05) is 43.0 Å². The predicted molar refractivity (Wildman–Crippen MR) is 95.2 cm³/mol. The summed E-state index contributed by atoms with van der Waals surface area (Å²) in [6.45, 7) is 0.641. The van der Waals surface area contributed by atoms with Crippen LogP contribution in [-0.2, 0) is 20.1 Å². The number of fused-ring (bicyclic) bond motifs is 3. The van der Waals surface area contributed by atoms with Crippen molar-refractivity contribution in [2.75, 3.05) is 0 Å². The van der Waals surface area contributed by atoms with Gasteiger partial charge in [0.2, 0.25) is 0 Å². The third-order valence-electron chi connectivity index (χ3n) is 4.86. The molecule has 134 valence electrons. The first-order chi connectivity index (χ1) is 13.1. The van der Waals surface area contributed by atoms with E-state index in [0.717, 1.165) is 16.7 Å². The second kappa shape index (κ2) is 5.73. The summed E-state index contributed by atoms with van der Waals surface area (Å²) in [4.78, 5) is 14.5. The van der Waals surface area contributed by atoms with Gasteiger partial charge in [0.25, 0.3) is 5.91 Å². The maximum absolute atomic E-state index is 14.7. The summed E-state index contributed by atoms with van der Waals surface area (Å²) in [7, 11) is 1.82. The van der Waals surface area contributed by atoms with E-state index in [0.29, 0.717) is 23.4 Å². The molecule has 0 aliphatic carbocycles. The van der Waals surface area contributed by atoms with Gasteiger partial charge in [-0.25, -0.2) is 4.39 Å². The Kier molecular flexibility index (Phi) is 3.33. The fourth-order valence-electron chi connectivity index (χ4n) is 3.49. The van der Waals surface area contributed by atoms with Gasteiger partial charge in [-0.15, -0.1) is 10.2 Å². The Labute approximate surface area is 153 Å².